The molecule has 0 unspecified atom stereocenters. The molecule has 2 heterocycles. The van der Waals surface area contributed by atoms with Gasteiger partial charge in [-0.1, -0.05) is 72.8 Å². The van der Waals surface area contributed by atoms with Gasteiger partial charge >= 0.3 is 0 Å². The van der Waals surface area contributed by atoms with Crippen LogP contribution < -0.4 is 4.74 Å². The second kappa shape index (κ2) is 7.10. The summed E-state index contributed by atoms with van der Waals surface area (Å²) in [6.07, 6.45) is 0. The van der Waals surface area contributed by atoms with Crippen molar-refractivity contribution in [3.63, 3.8) is 0 Å². The van der Waals surface area contributed by atoms with Gasteiger partial charge in [0.1, 0.15) is 12.4 Å². The Hall–Kier alpha value is -3.59. The van der Waals surface area contributed by atoms with Gasteiger partial charge in [0.05, 0.1) is 11.4 Å². The Labute approximate surface area is 170 Å². The number of hydrogen-bond donors (Lipinski definition) is 0. The van der Waals surface area contributed by atoms with Crippen molar-refractivity contribution in [2.24, 2.45) is 0 Å². The minimum absolute atomic E-state index is 0.0471. The predicted molar refractivity (Wildman–Crippen MR) is 114 cm³/mol. The molecule has 0 spiro atoms. The molecule has 3 aromatic carbocycles. The minimum Gasteiger partial charge on any atom is -0.488 e. The number of aromatic nitrogens is 1. The van der Waals surface area contributed by atoms with Crippen LogP contribution in [0.5, 0.6) is 5.75 Å². The second-order valence-electron chi connectivity index (χ2n) is 7.35. The van der Waals surface area contributed by atoms with E-state index in [4.69, 9.17) is 4.74 Å². The van der Waals surface area contributed by atoms with Crippen LogP contribution in [0.25, 0.3) is 11.3 Å². The van der Waals surface area contributed by atoms with E-state index in [2.05, 4.69) is 22.8 Å². The number of rotatable bonds is 4. The number of nitrogens with zero attached hydrogens (tertiary/aromatic N) is 1. The molecule has 1 aliphatic heterocycles. The van der Waals surface area contributed by atoms with Gasteiger partial charge in [0.25, 0.3) is 0 Å². The standard InChI is InChI=1S/C26H21NO2/c1-18-22-17-29-23-15-9-8-14-21(23)25(22)27(16-19-10-4-2-5-11-19)24(18)26(28)20-12-6-3-7-13-20/h2-15H,16-17H2,1H3. The maximum atomic E-state index is 13.5. The third kappa shape index (κ3) is 2.95. The second-order valence-corrected chi connectivity index (χ2v) is 7.35. The SMILES string of the molecule is Cc1c2c(n(Cc3ccccc3)c1C(=O)c1ccccc1)-c1ccccc1OC2. The largest absolute Gasteiger partial charge is 0.488 e. The monoisotopic (exact) mass is 379 g/mol. The predicted octanol–water partition coefficient (Wildman–Crippen LogP) is 5.64. The highest BCUT2D eigenvalue weighted by Crippen LogP contribution is 2.42. The summed E-state index contributed by atoms with van der Waals surface area (Å²) in [5.41, 5.74) is 6.83. The topological polar surface area (TPSA) is 31.2 Å². The lowest BCUT2D eigenvalue weighted by Crippen LogP contribution is -2.14. The van der Waals surface area contributed by atoms with E-state index in [1.54, 1.807) is 0 Å². The van der Waals surface area contributed by atoms with Crippen molar-refractivity contribution in [2.45, 2.75) is 20.1 Å². The first-order chi connectivity index (χ1) is 14.2. The van der Waals surface area contributed by atoms with Crippen molar-refractivity contribution in [1.82, 2.24) is 4.57 Å². The van der Waals surface area contributed by atoms with Gasteiger partial charge in [-0.05, 0) is 30.2 Å². The zero-order valence-electron chi connectivity index (χ0n) is 16.3. The zero-order chi connectivity index (χ0) is 19.8. The summed E-state index contributed by atoms with van der Waals surface area (Å²) < 4.78 is 8.19. The highest BCUT2D eigenvalue weighted by atomic mass is 16.5. The van der Waals surface area contributed by atoms with Crippen LogP contribution in [0.2, 0.25) is 0 Å². The van der Waals surface area contributed by atoms with Crippen LogP contribution in [-0.2, 0) is 13.2 Å². The molecule has 4 aromatic rings. The van der Waals surface area contributed by atoms with Crippen LogP contribution in [-0.4, -0.2) is 10.4 Å². The van der Waals surface area contributed by atoms with Crippen molar-refractivity contribution < 1.29 is 9.53 Å². The average molecular weight is 379 g/mol. The van der Waals surface area contributed by atoms with Crippen molar-refractivity contribution in [2.75, 3.05) is 0 Å². The summed E-state index contributed by atoms with van der Waals surface area (Å²) >= 11 is 0. The van der Waals surface area contributed by atoms with Crippen LogP contribution in [0.1, 0.15) is 32.7 Å². The van der Waals surface area contributed by atoms with E-state index in [1.165, 1.54) is 0 Å². The fourth-order valence-electron chi connectivity index (χ4n) is 4.16. The van der Waals surface area contributed by atoms with Gasteiger partial charge in [-0.25, -0.2) is 0 Å². The smallest absolute Gasteiger partial charge is 0.209 e. The molecule has 0 aliphatic carbocycles. The van der Waals surface area contributed by atoms with Crippen LogP contribution in [0.4, 0.5) is 0 Å². The third-order valence-electron chi connectivity index (χ3n) is 5.58. The highest BCUT2D eigenvalue weighted by Gasteiger charge is 2.30. The van der Waals surface area contributed by atoms with Crippen molar-refractivity contribution in [3.05, 3.63) is 113 Å². The molecule has 0 saturated heterocycles. The minimum atomic E-state index is 0.0471. The molecule has 3 heteroatoms. The molecule has 1 aromatic heterocycles. The van der Waals surface area contributed by atoms with Crippen LogP contribution in [0, 0.1) is 6.92 Å². The van der Waals surface area contributed by atoms with E-state index in [9.17, 15) is 4.79 Å². The fourth-order valence-corrected chi connectivity index (χ4v) is 4.16. The van der Waals surface area contributed by atoms with E-state index in [-0.39, 0.29) is 5.78 Å². The lowest BCUT2D eigenvalue weighted by atomic mass is 10.0. The Morgan fingerprint density at radius 1 is 0.897 bits per heavy atom. The van der Waals surface area contributed by atoms with Gasteiger partial charge < -0.3 is 9.30 Å². The first-order valence-corrected chi connectivity index (χ1v) is 9.82. The van der Waals surface area contributed by atoms with Gasteiger partial charge in [0.15, 0.2) is 0 Å². The van der Waals surface area contributed by atoms with Crippen molar-refractivity contribution in [3.8, 4) is 17.0 Å². The Bertz CT molecular complexity index is 1190. The van der Waals surface area contributed by atoms with E-state index in [0.29, 0.717) is 18.7 Å². The van der Waals surface area contributed by atoms with Crippen LogP contribution >= 0.6 is 0 Å². The molecule has 1 aliphatic rings. The molecule has 3 nitrogen and oxygen atoms in total. The number of fused-ring (bicyclic) bond motifs is 3. The zero-order valence-corrected chi connectivity index (χ0v) is 16.3. The molecule has 0 bridgehead atoms. The summed E-state index contributed by atoms with van der Waals surface area (Å²) in [5.74, 6) is 0.913. The Morgan fingerprint density at radius 3 is 2.31 bits per heavy atom. The Kier molecular flexibility index (Phi) is 4.28. The molecule has 0 amide bonds. The van der Waals surface area contributed by atoms with Gasteiger partial charge in [-0.15, -0.1) is 0 Å². The maximum absolute atomic E-state index is 13.5. The summed E-state index contributed by atoms with van der Waals surface area (Å²) in [5, 5.41) is 0. The average Bonchev–Trinajstić information content (AvgIpc) is 3.06. The quantitative estimate of drug-likeness (QED) is 0.430. The number of para-hydroxylation sites is 1. The molecule has 0 saturated carbocycles. The van der Waals surface area contributed by atoms with Gasteiger partial charge in [-0.2, -0.15) is 0 Å². The normalized spacial score (nSPS) is 12.0. The molecular weight excluding hydrogens is 358 g/mol. The first-order valence-electron chi connectivity index (χ1n) is 9.82. The lowest BCUT2D eigenvalue weighted by molar-refractivity contribution is 0.103. The van der Waals surface area contributed by atoms with Crippen molar-refractivity contribution in [1.29, 1.82) is 0 Å². The number of hydrogen-bond acceptors (Lipinski definition) is 2. The molecular formula is C26H21NO2. The van der Waals surface area contributed by atoms with E-state index < -0.39 is 0 Å². The summed E-state index contributed by atoms with van der Waals surface area (Å²) in [6, 6.07) is 27.9. The Morgan fingerprint density at radius 2 is 1.55 bits per heavy atom. The number of carbonyl (C=O) groups excluding carboxylic acids is 1. The molecule has 0 radical (unpaired) electrons. The maximum Gasteiger partial charge on any atom is 0.209 e. The third-order valence-corrected chi connectivity index (χ3v) is 5.58. The van der Waals surface area contributed by atoms with Gasteiger partial charge in [0, 0.05) is 23.2 Å². The van der Waals surface area contributed by atoms with Gasteiger partial charge in [-0.3, -0.25) is 4.79 Å². The number of carbonyl (C=O) groups is 1. The number of ether oxygens (including phenoxy) is 1. The van der Waals surface area contributed by atoms with Gasteiger partial charge in [0.2, 0.25) is 5.78 Å². The summed E-state index contributed by atoms with van der Waals surface area (Å²) in [4.78, 5) is 13.5. The molecule has 0 fully saturated rings. The Balaban J connectivity index is 1.75. The summed E-state index contributed by atoms with van der Waals surface area (Å²) in [7, 11) is 0. The van der Waals surface area contributed by atoms with E-state index in [1.807, 2.05) is 73.7 Å². The molecule has 0 N–H and O–H groups in total. The fraction of sp³-hybridized carbons (Fsp3) is 0.115. The molecule has 29 heavy (non-hydrogen) atoms. The number of ketones is 1. The van der Waals surface area contributed by atoms with Crippen LogP contribution in [0.15, 0.2) is 84.9 Å². The lowest BCUT2D eigenvalue weighted by Gasteiger charge is -2.21. The van der Waals surface area contributed by atoms with E-state index >= 15 is 0 Å². The van der Waals surface area contributed by atoms with Crippen LogP contribution in [0.3, 0.4) is 0 Å². The molecule has 142 valence electrons. The van der Waals surface area contributed by atoms with E-state index in [0.717, 1.165) is 39.4 Å². The van der Waals surface area contributed by atoms with Crippen molar-refractivity contribution >= 4 is 5.78 Å². The summed E-state index contributed by atoms with van der Waals surface area (Å²) in [6.45, 7) is 3.15. The highest BCUT2D eigenvalue weighted by molar-refractivity contribution is 6.10. The molecule has 0 atom stereocenters. The molecule has 5 rings (SSSR count). The first kappa shape index (κ1) is 17.5. The number of benzene rings is 3.